The standard InChI is InChI=1S/C19H17NO3/c1-20-16(12-13-5-3-4-6-17(13)20)9-7-14-11-15(19(22)23-2)8-10-18(14)21/h3-12,21H,1-2H3. The fourth-order valence-electron chi connectivity index (χ4n) is 2.58. The lowest BCUT2D eigenvalue weighted by molar-refractivity contribution is 0.0600. The zero-order valence-electron chi connectivity index (χ0n) is 13.0. The van der Waals surface area contributed by atoms with Crippen LogP contribution in [0.2, 0.25) is 0 Å². The Morgan fingerprint density at radius 1 is 1.13 bits per heavy atom. The number of hydrogen-bond acceptors (Lipinski definition) is 3. The number of aryl methyl sites for hydroxylation is 1. The van der Waals surface area contributed by atoms with Gasteiger partial charge in [0.2, 0.25) is 0 Å². The number of esters is 1. The van der Waals surface area contributed by atoms with Crippen LogP contribution in [0.5, 0.6) is 5.75 Å². The number of para-hydroxylation sites is 1. The summed E-state index contributed by atoms with van der Waals surface area (Å²) in [6, 6.07) is 14.8. The maximum absolute atomic E-state index is 11.6. The van der Waals surface area contributed by atoms with E-state index in [1.165, 1.54) is 19.2 Å². The Bertz CT molecular complexity index is 906. The minimum Gasteiger partial charge on any atom is -0.507 e. The maximum atomic E-state index is 11.6. The fourth-order valence-corrected chi connectivity index (χ4v) is 2.58. The first kappa shape index (κ1) is 14.9. The molecule has 1 aromatic heterocycles. The van der Waals surface area contributed by atoms with Crippen LogP contribution in [0.3, 0.4) is 0 Å². The molecule has 1 heterocycles. The predicted molar refractivity (Wildman–Crippen MR) is 91.3 cm³/mol. The van der Waals surface area contributed by atoms with E-state index in [9.17, 15) is 9.90 Å². The molecular weight excluding hydrogens is 290 g/mol. The summed E-state index contributed by atoms with van der Waals surface area (Å²) in [4.78, 5) is 11.6. The van der Waals surface area contributed by atoms with Crippen molar-refractivity contribution in [2.75, 3.05) is 7.11 Å². The van der Waals surface area contributed by atoms with Gasteiger partial charge in [-0.05, 0) is 42.5 Å². The molecule has 0 atom stereocenters. The molecule has 4 nitrogen and oxygen atoms in total. The minimum absolute atomic E-state index is 0.118. The summed E-state index contributed by atoms with van der Waals surface area (Å²) >= 11 is 0. The second-order valence-electron chi connectivity index (χ2n) is 5.29. The molecule has 0 unspecified atom stereocenters. The van der Waals surface area contributed by atoms with Gasteiger partial charge in [0, 0.05) is 29.2 Å². The zero-order chi connectivity index (χ0) is 16.4. The molecule has 116 valence electrons. The number of nitrogens with zero attached hydrogens (tertiary/aromatic N) is 1. The van der Waals surface area contributed by atoms with Gasteiger partial charge in [0.05, 0.1) is 12.7 Å². The van der Waals surface area contributed by atoms with Crippen molar-refractivity contribution in [2.45, 2.75) is 0 Å². The number of rotatable bonds is 3. The van der Waals surface area contributed by atoms with E-state index in [1.54, 1.807) is 12.1 Å². The molecule has 23 heavy (non-hydrogen) atoms. The Kier molecular flexibility index (Phi) is 3.89. The Labute approximate surface area is 134 Å². The van der Waals surface area contributed by atoms with Gasteiger partial charge in [-0.2, -0.15) is 0 Å². The molecule has 0 aliphatic heterocycles. The van der Waals surface area contributed by atoms with Crippen molar-refractivity contribution in [1.29, 1.82) is 0 Å². The minimum atomic E-state index is -0.427. The van der Waals surface area contributed by atoms with Crippen molar-refractivity contribution >= 4 is 29.0 Å². The molecule has 0 spiro atoms. The van der Waals surface area contributed by atoms with Crippen molar-refractivity contribution in [3.63, 3.8) is 0 Å². The van der Waals surface area contributed by atoms with Crippen LogP contribution in [0, 0.1) is 0 Å². The first-order chi connectivity index (χ1) is 11.1. The molecule has 0 saturated carbocycles. The molecular formula is C19H17NO3. The van der Waals surface area contributed by atoms with Gasteiger partial charge >= 0.3 is 5.97 Å². The largest absolute Gasteiger partial charge is 0.507 e. The Morgan fingerprint density at radius 3 is 2.65 bits per heavy atom. The lowest BCUT2D eigenvalue weighted by Gasteiger charge is -2.03. The predicted octanol–water partition coefficient (Wildman–Crippen LogP) is 3.84. The van der Waals surface area contributed by atoms with Crippen LogP contribution < -0.4 is 0 Å². The molecule has 0 amide bonds. The molecule has 2 aromatic carbocycles. The van der Waals surface area contributed by atoms with Crippen LogP contribution in [0.4, 0.5) is 0 Å². The summed E-state index contributed by atoms with van der Waals surface area (Å²) in [6.07, 6.45) is 3.70. The van der Waals surface area contributed by atoms with Crippen LogP contribution in [0.15, 0.2) is 48.5 Å². The molecule has 3 rings (SSSR count). The average molecular weight is 307 g/mol. The number of fused-ring (bicyclic) bond motifs is 1. The van der Waals surface area contributed by atoms with Gasteiger partial charge in [-0.25, -0.2) is 4.79 Å². The monoisotopic (exact) mass is 307 g/mol. The average Bonchev–Trinajstić information content (AvgIpc) is 2.90. The Hall–Kier alpha value is -3.01. The normalized spacial score (nSPS) is 11.2. The summed E-state index contributed by atoms with van der Waals surface area (Å²) < 4.78 is 6.78. The molecule has 0 fully saturated rings. The Balaban J connectivity index is 1.98. The number of benzene rings is 2. The third-order valence-corrected chi connectivity index (χ3v) is 3.87. The molecule has 0 radical (unpaired) electrons. The fraction of sp³-hybridized carbons (Fsp3) is 0.105. The summed E-state index contributed by atoms with van der Waals surface area (Å²) in [7, 11) is 3.33. The van der Waals surface area contributed by atoms with Crippen LogP contribution in [0.1, 0.15) is 21.6 Å². The van der Waals surface area contributed by atoms with Gasteiger partial charge in [-0.1, -0.05) is 18.2 Å². The number of hydrogen-bond donors (Lipinski definition) is 1. The van der Waals surface area contributed by atoms with E-state index in [-0.39, 0.29) is 5.75 Å². The SMILES string of the molecule is COC(=O)c1ccc(O)c(C=Cc2cc3ccccc3n2C)c1. The second-order valence-corrected chi connectivity index (χ2v) is 5.29. The molecule has 0 bridgehead atoms. The highest BCUT2D eigenvalue weighted by Crippen LogP contribution is 2.24. The van der Waals surface area contributed by atoms with E-state index in [4.69, 9.17) is 4.74 Å². The van der Waals surface area contributed by atoms with Crippen LogP contribution in [-0.4, -0.2) is 22.8 Å². The number of aromatic hydroxyl groups is 1. The van der Waals surface area contributed by atoms with Gasteiger partial charge in [0.15, 0.2) is 0 Å². The smallest absolute Gasteiger partial charge is 0.337 e. The summed E-state index contributed by atoms with van der Waals surface area (Å²) in [6.45, 7) is 0. The number of ether oxygens (including phenoxy) is 1. The molecule has 0 aliphatic carbocycles. The maximum Gasteiger partial charge on any atom is 0.337 e. The van der Waals surface area contributed by atoms with E-state index in [2.05, 4.69) is 22.8 Å². The molecule has 1 N–H and O–H groups in total. The Morgan fingerprint density at radius 2 is 1.91 bits per heavy atom. The van der Waals surface area contributed by atoms with E-state index in [0.717, 1.165) is 16.6 Å². The lowest BCUT2D eigenvalue weighted by atomic mass is 10.1. The van der Waals surface area contributed by atoms with E-state index in [1.807, 2.05) is 25.3 Å². The number of aromatic nitrogens is 1. The van der Waals surface area contributed by atoms with Gasteiger partial charge in [0.25, 0.3) is 0 Å². The lowest BCUT2D eigenvalue weighted by Crippen LogP contribution is -2.00. The number of carbonyl (C=O) groups is 1. The van der Waals surface area contributed by atoms with E-state index < -0.39 is 5.97 Å². The van der Waals surface area contributed by atoms with Crippen LogP contribution in [0.25, 0.3) is 23.1 Å². The summed E-state index contributed by atoms with van der Waals surface area (Å²) in [5.41, 5.74) is 3.12. The quantitative estimate of drug-likeness (QED) is 0.748. The van der Waals surface area contributed by atoms with Crippen molar-refractivity contribution in [3.8, 4) is 5.75 Å². The highest BCUT2D eigenvalue weighted by atomic mass is 16.5. The number of carbonyl (C=O) groups excluding carboxylic acids is 1. The molecule has 0 saturated heterocycles. The van der Waals surface area contributed by atoms with Crippen LogP contribution >= 0.6 is 0 Å². The third kappa shape index (κ3) is 2.83. The van der Waals surface area contributed by atoms with Crippen LogP contribution in [-0.2, 0) is 11.8 Å². The summed E-state index contributed by atoms with van der Waals surface area (Å²) in [5.74, 6) is -0.308. The number of phenols is 1. The van der Waals surface area contributed by atoms with E-state index in [0.29, 0.717) is 11.1 Å². The van der Waals surface area contributed by atoms with Crippen molar-refractivity contribution in [1.82, 2.24) is 4.57 Å². The second kappa shape index (κ2) is 6.01. The summed E-state index contributed by atoms with van der Waals surface area (Å²) in [5, 5.41) is 11.1. The zero-order valence-corrected chi connectivity index (χ0v) is 13.0. The molecule has 0 aliphatic rings. The number of phenolic OH excluding ortho intramolecular Hbond substituents is 1. The van der Waals surface area contributed by atoms with Gasteiger partial charge in [0.1, 0.15) is 5.75 Å². The highest BCUT2D eigenvalue weighted by Gasteiger charge is 2.08. The van der Waals surface area contributed by atoms with E-state index >= 15 is 0 Å². The highest BCUT2D eigenvalue weighted by molar-refractivity contribution is 5.91. The van der Waals surface area contributed by atoms with Crippen molar-refractivity contribution in [3.05, 3.63) is 65.4 Å². The molecule has 3 aromatic rings. The molecule has 4 heteroatoms. The van der Waals surface area contributed by atoms with Gasteiger partial charge < -0.3 is 14.4 Å². The first-order valence-electron chi connectivity index (χ1n) is 7.24. The third-order valence-electron chi connectivity index (χ3n) is 3.87. The van der Waals surface area contributed by atoms with Gasteiger partial charge in [-0.15, -0.1) is 0 Å². The number of methoxy groups -OCH3 is 1. The van der Waals surface area contributed by atoms with Gasteiger partial charge in [-0.3, -0.25) is 0 Å². The first-order valence-corrected chi connectivity index (χ1v) is 7.24. The van der Waals surface area contributed by atoms with Crippen molar-refractivity contribution < 1.29 is 14.6 Å². The topological polar surface area (TPSA) is 51.5 Å². The van der Waals surface area contributed by atoms with Crippen molar-refractivity contribution in [2.24, 2.45) is 7.05 Å².